The van der Waals surface area contributed by atoms with Crippen molar-refractivity contribution in [2.75, 3.05) is 18.5 Å². The Hall–Kier alpha value is -1.70. The summed E-state index contributed by atoms with van der Waals surface area (Å²) in [5.41, 5.74) is 1.02. The molecular weight excluding hydrogens is 326 g/mol. The first kappa shape index (κ1) is 17.1. The SMILES string of the molecule is CCCCNc1nnc(-c2ccc(O[C@H]3COC(C)(C)O3)cc2)s1. The van der Waals surface area contributed by atoms with Crippen molar-refractivity contribution in [1.29, 1.82) is 0 Å². The molecule has 0 bridgehead atoms. The van der Waals surface area contributed by atoms with Gasteiger partial charge in [-0.3, -0.25) is 0 Å². The Morgan fingerprint density at radius 1 is 1.29 bits per heavy atom. The van der Waals surface area contributed by atoms with Crippen LogP contribution in [-0.4, -0.2) is 35.4 Å². The zero-order valence-electron chi connectivity index (χ0n) is 14.2. The molecule has 0 spiro atoms. The molecule has 1 fully saturated rings. The van der Waals surface area contributed by atoms with Gasteiger partial charge in [0.2, 0.25) is 11.4 Å². The van der Waals surface area contributed by atoms with Crippen LogP contribution in [0.5, 0.6) is 5.75 Å². The van der Waals surface area contributed by atoms with E-state index >= 15 is 0 Å². The normalized spacial score (nSPS) is 19.4. The van der Waals surface area contributed by atoms with Crippen molar-refractivity contribution in [3.63, 3.8) is 0 Å². The van der Waals surface area contributed by atoms with Gasteiger partial charge in [0.15, 0.2) is 5.79 Å². The van der Waals surface area contributed by atoms with E-state index in [1.165, 1.54) is 0 Å². The van der Waals surface area contributed by atoms with Crippen LogP contribution in [-0.2, 0) is 9.47 Å². The molecule has 24 heavy (non-hydrogen) atoms. The molecular formula is C17H23N3O3S. The maximum atomic E-state index is 5.78. The number of hydrogen-bond donors (Lipinski definition) is 1. The summed E-state index contributed by atoms with van der Waals surface area (Å²) in [5, 5.41) is 13.5. The fraction of sp³-hybridized carbons (Fsp3) is 0.529. The molecule has 0 unspecified atom stereocenters. The van der Waals surface area contributed by atoms with Crippen LogP contribution >= 0.6 is 11.3 Å². The van der Waals surface area contributed by atoms with Crippen molar-refractivity contribution >= 4 is 16.5 Å². The van der Waals surface area contributed by atoms with E-state index in [9.17, 15) is 0 Å². The average molecular weight is 349 g/mol. The van der Waals surface area contributed by atoms with Crippen LogP contribution in [0.1, 0.15) is 33.6 Å². The Kier molecular flexibility index (Phi) is 5.33. The summed E-state index contributed by atoms with van der Waals surface area (Å²) < 4.78 is 16.9. The number of rotatable bonds is 7. The first-order valence-electron chi connectivity index (χ1n) is 8.22. The van der Waals surface area contributed by atoms with Crippen LogP contribution < -0.4 is 10.1 Å². The highest BCUT2D eigenvalue weighted by Crippen LogP contribution is 2.29. The summed E-state index contributed by atoms with van der Waals surface area (Å²) in [7, 11) is 0. The van der Waals surface area contributed by atoms with Gasteiger partial charge in [0, 0.05) is 12.1 Å². The van der Waals surface area contributed by atoms with Crippen LogP contribution in [0, 0.1) is 0 Å². The van der Waals surface area contributed by atoms with E-state index in [0.29, 0.717) is 6.61 Å². The Bertz CT molecular complexity index is 657. The minimum Gasteiger partial charge on any atom is -0.462 e. The van der Waals surface area contributed by atoms with Crippen molar-refractivity contribution < 1.29 is 14.2 Å². The van der Waals surface area contributed by atoms with Gasteiger partial charge >= 0.3 is 0 Å². The molecule has 2 aromatic rings. The van der Waals surface area contributed by atoms with Gasteiger partial charge in [-0.15, -0.1) is 10.2 Å². The number of ether oxygens (including phenoxy) is 3. The van der Waals surface area contributed by atoms with Crippen molar-refractivity contribution in [3.8, 4) is 16.3 Å². The van der Waals surface area contributed by atoms with Crippen LogP contribution in [0.25, 0.3) is 10.6 Å². The zero-order valence-corrected chi connectivity index (χ0v) is 15.1. The van der Waals surface area contributed by atoms with Crippen LogP contribution in [0.3, 0.4) is 0 Å². The number of nitrogens with one attached hydrogen (secondary N) is 1. The van der Waals surface area contributed by atoms with Crippen LogP contribution in [0.15, 0.2) is 24.3 Å². The predicted octanol–water partition coefficient (Wildman–Crippen LogP) is 3.90. The molecule has 6 nitrogen and oxygen atoms in total. The third-order valence-electron chi connectivity index (χ3n) is 3.58. The number of aromatic nitrogens is 2. The molecule has 3 rings (SSSR count). The topological polar surface area (TPSA) is 65.5 Å². The highest BCUT2D eigenvalue weighted by Gasteiger charge is 2.33. The monoisotopic (exact) mass is 349 g/mol. The van der Waals surface area contributed by atoms with Crippen molar-refractivity contribution in [1.82, 2.24) is 10.2 Å². The molecule has 2 heterocycles. The molecule has 1 aromatic heterocycles. The highest BCUT2D eigenvalue weighted by atomic mass is 32.1. The third-order valence-corrected chi connectivity index (χ3v) is 4.51. The number of hydrogen-bond acceptors (Lipinski definition) is 7. The van der Waals surface area contributed by atoms with Gasteiger partial charge in [0.1, 0.15) is 17.4 Å². The third kappa shape index (κ3) is 4.43. The van der Waals surface area contributed by atoms with E-state index in [2.05, 4.69) is 22.4 Å². The van der Waals surface area contributed by atoms with Gasteiger partial charge in [-0.25, -0.2) is 0 Å². The Balaban J connectivity index is 1.58. The fourth-order valence-corrected chi connectivity index (χ4v) is 3.10. The Morgan fingerprint density at radius 3 is 2.75 bits per heavy atom. The summed E-state index contributed by atoms with van der Waals surface area (Å²) in [6, 6.07) is 7.78. The minimum atomic E-state index is -0.585. The van der Waals surface area contributed by atoms with Gasteiger partial charge in [-0.2, -0.15) is 0 Å². The summed E-state index contributed by atoms with van der Waals surface area (Å²) in [5.74, 6) is 0.161. The van der Waals surface area contributed by atoms with Gasteiger partial charge in [0.05, 0.1) is 0 Å². The molecule has 130 valence electrons. The number of nitrogens with zero attached hydrogens (tertiary/aromatic N) is 2. The fourth-order valence-electron chi connectivity index (χ4n) is 2.32. The van der Waals surface area contributed by atoms with E-state index in [1.54, 1.807) is 11.3 Å². The molecule has 1 saturated heterocycles. The number of anilines is 1. The van der Waals surface area contributed by atoms with E-state index in [4.69, 9.17) is 14.2 Å². The minimum absolute atomic E-state index is 0.373. The van der Waals surface area contributed by atoms with Crippen molar-refractivity contribution in [2.24, 2.45) is 0 Å². The second-order valence-electron chi connectivity index (χ2n) is 6.09. The second kappa shape index (κ2) is 7.46. The van der Waals surface area contributed by atoms with Gasteiger partial charge in [-0.05, 0) is 44.5 Å². The lowest BCUT2D eigenvalue weighted by molar-refractivity contribution is -0.167. The predicted molar refractivity (Wildman–Crippen MR) is 94.3 cm³/mol. The lowest BCUT2D eigenvalue weighted by atomic mass is 10.2. The molecule has 0 aliphatic carbocycles. The van der Waals surface area contributed by atoms with E-state index in [1.807, 2.05) is 38.1 Å². The standard InChI is InChI=1S/C17H23N3O3S/c1-4-5-10-18-16-20-19-15(24-16)12-6-8-13(9-7-12)22-14-11-21-17(2,3)23-14/h6-9,14H,4-5,10-11H2,1-3H3,(H,18,20)/t14-/m1/s1. The zero-order chi connectivity index (χ0) is 17.0. The van der Waals surface area contributed by atoms with E-state index in [0.717, 1.165) is 40.8 Å². The molecule has 1 aliphatic rings. The number of unbranched alkanes of at least 4 members (excludes halogenated alkanes) is 1. The highest BCUT2D eigenvalue weighted by molar-refractivity contribution is 7.18. The Labute approximate surface area is 146 Å². The maximum absolute atomic E-state index is 5.78. The molecule has 1 atom stereocenters. The molecule has 0 saturated carbocycles. The van der Waals surface area contributed by atoms with Crippen molar-refractivity contribution in [2.45, 2.75) is 45.7 Å². The summed E-state index contributed by atoms with van der Waals surface area (Å²) in [4.78, 5) is 0. The molecule has 1 N–H and O–H groups in total. The van der Waals surface area contributed by atoms with Crippen molar-refractivity contribution in [3.05, 3.63) is 24.3 Å². The maximum Gasteiger partial charge on any atom is 0.226 e. The van der Waals surface area contributed by atoms with E-state index < -0.39 is 5.79 Å². The smallest absolute Gasteiger partial charge is 0.226 e. The van der Waals surface area contributed by atoms with Gasteiger partial charge < -0.3 is 19.5 Å². The molecule has 0 amide bonds. The summed E-state index contributed by atoms with van der Waals surface area (Å²) in [6.45, 7) is 7.28. The number of benzene rings is 1. The lowest BCUT2D eigenvalue weighted by Crippen LogP contribution is -2.24. The van der Waals surface area contributed by atoms with Crippen LogP contribution in [0.4, 0.5) is 5.13 Å². The quantitative estimate of drug-likeness (QED) is 0.765. The summed E-state index contributed by atoms with van der Waals surface area (Å²) >= 11 is 1.56. The second-order valence-corrected chi connectivity index (χ2v) is 7.07. The van der Waals surface area contributed by atoms with E-state index in [-0.39, 0.29) is 6.29 Å². The largest absolute Gasteiger partial charge is 0.462 e. The first-order valence-corrected chi connectivity index (χ1v) is 9.03. The lowest BCUT2D eigenvalue weighted by Gasteiger charge is -2.17. The molecule has 7 heteroatoms. The Morgan fingerprint density at radius 2 is 2.08 bits per heavy atom. The van der Waals surface area contributed by atoms with Gasteiger partial charge in [0.25, 0.3) is 0 Å². The average Bonchev–Trinajstić information content (AvgIpc) is 3.15. The first-order chi connectivity index (χ1) is 11.6. The van der Waals surface area contributed by atoms with Crippen LogP contribution in [0.2, 0.25) is 0 Å². The molecule has 1 aliphatic heterocycles. The summed E-state index contributed by atoms with van der Waals surface area (Å²) in [6.07, 6.45) is 1.92. The molecule has 0 radical (unpaired) electrons. The molecule has 1 aromatic carbocycles. The van der Waals surface area contributed by atoms with Gasteiger partial charge in [-0.1, -0.05) is 24.7 Å².